The fraction of sp³-hybridized carbons (Fsp3) is 0.550. The van der Waals surface area contributed by atoms with E-state index in [1.807, 2.05) is 12.1 Å². The Labute approximate surface area is 159 Å². The van der Waals surface area contributed by atoms with Gasteiger partial charge in [-0.05, 0) is 25.5 Å². The molecule has 1 aromatic rings. The van der Waals surface area contributed by atoms with Crippen molar-refractivity contribution < 1.29 is 23.9 Å². The fourth-order valence-corrected chi connectivity index (χ4v) is 3.75. The third-order valence-corrected chi connectivity index (χ3v) is 5.37. The molecule has 2 aliphatic rings. The monoisotopic (exact) mass is 374 g/mol. The quantitative estimate of drug-likeness (QED) is 0.791. The number of Topliss-reactive ketones (excluding diaryl/α,β-unsaturated/α-hetero) is 1. The van der Waals surface area contributed by atoms with Gasteiger partial charge in [0.05, 0.1) is 18.6 Å². The molecular formula is C20H26N2O5. The topological polar surface area (TPSA) is 84.9 Å². The first-order valence-electron chi connectivity index (χ1n) is 9.33. The normalized spacial score (nSPS) is 23.4. The number of nitrogens with one attached hydrogen (secondary N) is 1. The van der Waals surface area contributed by atoms with Gasteiger partial charge >= 0.3 is 0 Å². The first-order chi connectivity index (χ1) is 13.0. The zero-order valence-electron chi connectivity index (χ0n) is 15.8. The molecule has 2 amide bonds. The number of amides is 2. The lowest BCUT2D eigenvalue weighted by Crippen LogP contribution is -2.49. The van der Waals surface area contributed by atoms with Gasteiger partial charge in [0.1, 0.15) is 17.4 Å². The summed E-state index contributed by atoms with van der Waals surface area (Å²) < 4.78 is 11.1. The minimum atomic E-state index is -0.678. The largest absolute Gasteiger partial charge is 0.486 e. The average molecular weight is 374 g/mol. The van der Waals surface area contributed by atoms with Gasteiger partial charge < -0.3 is 19.7 Å². The number of methoxy groups -OCH3 is 1. The minimum Gasteiger partial charge on any atom is -0.486 e. The molecule has 0 unspecified atom stereocenters. The highest BCUT2D eigenvalue weighted by Gasteiger charge is 2.44. The number of fused-ring (bicyclic) bond motifs is 1. The Hall–Kier alpha value is -2.41. The van der Waals surface area contributed by atoms with E-state index in [2.05, 4.69) is 5.32 Å². The lowest BCUT2D eigenvalue weighted by molar-refractivity contribution is -0.139. The van der Waals surface area contributed by atoms with Crippen LogP contribution >= 0.6 is 0 Å². The number of nitrogens with zero attached hydrogens (tertiary/aromatic N) is 1. The molecule has 0 aromatic heterocycles. The summed E-state index contributed by atoms with van der Waals surface area (Å²) in [7, 11) is 1.57. The predicted molar refractivity (Wildman–Crippen MR) is 98.7 cm³/mol. The van der Waals surface area contributed by atoms with Crippen molar-refractivity contribution >= 4 is 17.6 Å². The maximum atomic E-state index is 12.6. The molecule has 1 saturated heterocycles. The van der Waals surface area contributed by atoms with Crippen LogP contribution in [0.25, 0.3) is 0 Å². The second-order valence-electron chi connectivity index (χ2n) is 7.18. The maximum absolute atomic E-state index is 12.6. The average Bonchev–Trinajstić information content (AvgIpc) is 2.81. The van der Waals surface area contributed by atoms with Crippen LogP contribution in [0.5, 0.6) is 5.75 Å². The van der Waals surface area contributed by atoms with Crippen LogP contribution in [0.2, 0.25) is 0 Å². The lowest BCUT2D eigenvalue weighted by Gasteiger charge is -2.37. The zero-order chi connectivity index (χ0) is 19.4. The summed E-state index contributed by atoms with van der Waals surface area (Å²) in [6.07, 6.45) is 1.51. The standard InChI is InChI=1S/C20H26N2O5/c1-14(19(25)21-10-12-26-2)22-11-9-20(8-7-18(22)24)13-16(23)15-5-3-4-6-17(15)27-20/h3-6,14H,7-13H2,1-2H3,(H,21,25)/t14-,20-/m1/s1. The number of ketones is 1. The van der Waals surface area contributed by atoms with Crippen LogP contribution in [0.3, 0.4) is 0 Å². The molecule has 0 aliphatic carbocycles. The number of carbonyl (C=O) groups excluding carboxylic acids is 3. The van der Waals surface area contributed by atoms with Gasteiger partial charge in [-0.15, -0.1) is 0 Å². The highest BCUT2D eigenvalue weighted by molar-refractivity contribution is 6.00. The van der Waals surface area contributed by atoms with Gasteiger partial charge in [0.25, 0.3) is 0 Å². The van der Waals surface area contributed by atoms with Crippen LogP contribution in [0.4, 0.5) is 0 Å². The smallest absolute Gasteiger partial charge is 0.242 e. The third-order valence-electron chi connectivity index (χ3n) is 5.37. The summed E-state index contributed by atoms with van der Waals surface area (Å²) in [5.41, 5.74) is -0.0799. The molecule has 2 atom stereocenters. The molecule has 0 bridgehead atoms. The van der Waals surface area contributed by atoms with E-state index >= 15 is 0 Å². The van der Waals surface area contributed by atoms with Crippen LogP contribution < -0.4 is 10.1 Å². The zero-order valence-corrected chi connectivity index (χ0v) is 15.8. The van der Waals surface area contributed by atoms with Crippen LogP contribution in [-0.2, 0) is 14.3 Å². The molecular weight excluding hydrogens is 348 g/mol. The summed E-state index contributed by atoms with van der Waals surface area (Å²) in [6, 6.07) is 6.65. The summed E-state index contributed by atoms with van der Waals surface area (Å²) >= 11 is 0. The van der Waals surface area contributed by atoms with E-state index in [0.717, 1.165) is 0 Å². The number of ether oxygens (including phenoxy) is 2. The van der Waals surface area contributed by atoms with E-state index in [4.69, 9.17) is 9.47 Å². The molecule has 0 radical (unpaired) electrons. The van der Waals surface area contributed by atoms with E-state index in [1.165, 1.54) is 0 Å². The van der Waals surface area contributed by atoms with Gasteiger partial charge in [-0.3, -0.25) is 14.4 Å². The molecule has 2 aliphatic heterocycles. The third kappa shape index (κ3) is 4.13. The van der Waals surface area contributed by atoms with E-state index < -0.39 is 11.6 Å². The van der Waals surface area contributed by atoms with Crippen molar-refractivity contribution in [1.82, 2.24) is 10.2 Å². The molecule has 1 N–H and O–H groups in total. The van der Waals surface area contributed by atoms with Crippen LogP contribution in [0.1, 0.15) is 43.0 Å². The Morgan fingerprint density at radius 3 is 2.89 bits per heavy atom. The number of rotatable bonds is 5. The molecule has 7 nitrogen and oxygen atoms in total. The van der Waals surface area contributed by atoms with Gasteiger partial charge in [0, 0.05) is 33.0 Å². The van der Waals surface area contributed by atoms with Crippen molar-refractivity contribution in [2.45, 2.75) is 44.2 Å². The van der Waals surface area contributed by atoms with Crippen molar-refractivity contribution in [3.63, 3.8) is 0 Å². The molecule has 146 valence electrons. The molecule has 3 rings (SSSR count). The molecule has 1 fully saturated rings. The summed E-state index contributed by atoms with van der Waals surface area (Å²) in [5.74, 6) is 0.335. The van der Waals surface area contributed by atoms with E-state index in [0.29, 0.717) is 43.9 Å². The van der Waals surface area contributed by atoms with E-state index in [1.54, 1.807) is 31.1 Å². The molecule has 1 spiro atoms. The van der Waals surface area contributed by atoms with Gasteiger partial charge in [0.2, 0.25) is 11.8 Å². The molecule has 2 heterocycles. The number of benzene rings is 1. The number of hydrogen-bond acceptors (Lipinski definition) is 5. The Balaban J connectivity index is 1.70. The van der Waals surface area contributed by atoms with Crippen LogP contribution in [-0.4, -0.2) is 60.9 Å². The minimum absolute atomic E-state index is 0.0445. The second kappa shape index (κ2) is 8.08. The summed E-state index contributed by atoms with van der Waals surface area (Å²) in [6.45, 7) is 2.93. The van der Waals surface area contributed by atoms with Crippen molar-refractivity contribution in [3.05, 3.63) is 29.8 Å². The van der Waals surface area contributed by atoms with Gasteiger partial charge in [-0.25, -0.2) is 0 Å². The second-order valence-corrected chi connectivity index (χ2v) is 7.18. The first kappa shape index (κ1) is 19.4. The summed E-state index contributed by atoms with van der Waals surface area (Å²) in [4.78, 5) is 39.1. The lowest BCUT2D eigenvalue weighted by atomic mass is 9.84. The number of para-hydroxylation sites is 1. The molecule has 1 aromatic carbocycles. The SMILES string of the molecule is COCCNC(=O)[C@@H](C)N1CC[C@]2(CCC1=O)CC(=O)c1ccccc1O2. The maximum Gasteiger partial charge on any atom is 0.242 e. The number of carbonyl (C=O) groups is 3. The predicted octanol–water partition coefficient (Wildman–Crippen LogP) is 1.55. The molecule has 7 heteroatoms. The van der Waals surface area contributed by atoms with Gasteiger partial charge in [0.15, 0.2) is 5.78 Å². The Morgan fingerprint density at radius 2 is 2.11 bits per heavy atom. The van der Waals surface area contributed by atoms with Crippen molar-refractivity contribution in [1.29, 1.82) is 0 Å². The summed E-state index contributed by atoms with van der Waals surface area (Å²) in [5, 5.41) is 2.77. The van der Waals surface area contributed by atoms with E-state index in [9.17, 15) is 14.4 Å². The van der Waals surface area contributed by atoms with Crippen LogP contribution in [0, 0.1) is 0 Å². The first-order valence-corrected chi connectivity index (χ1v) is 9.33. The van der Waals surface area contributed by atoms with Crippen molar-refractivity contribution in [2.24, 2.45) is 0 Å². The Morgan fingerprint density at radius 1 is 1.33 bits per heavy atom. The van der Waals surface area contributed by atoms with Crippen molar-refractivity contribution in [2.75, 3.05) is 26.8 Å². The fourth-order valence-electron chi connectivity index (χ4n) is 3.75. The Bertz CT molecular complexity index is 735. The van der Waals surface area contributed by atoms with Crippen LogP contribution in [0.15, 0.2) is 24.3 Å². The molecule has 27 heavy (non-hydrogen) atoms. The van der Waals surface area contributed by atoms with E-state index in [-0.39, 0.29) is 30.4 Å². The van der Waals surface area contributed by atoms with Crippen molar-refractivity contribution in [3.8, 4) is 5.75 Å². The Kier molecular flexibility index (Phi) is 5.79. The highest BCUT2D eigenvalue weighted by Crippen LogP contribution is 2.39. The number of likely N-dealkylation sites (tertiary alicyclic amines) is 1. The molecule has 0 saturated carbocycles. The number of hydrogen-bond donors (Lipinski definition) is 1. The van der Waals surface area contributed by atoms with Gasteiger partial charge in [-0.2, -0.15) is 0 Å². The van der Waals surface area contributed by atoms with Gasteiger partial charge in [-0.1, -0.05) is 12.1 Å². The highest BCUT2D eigenvalue weighted by atomic mass is 16.5.